The van der Waals surface area contributed by atoms with Gasteiger partial charge >= 0.3 is 17.8 Å². The Labute approximate surface area is 144 Å². The molecule has 8 nitrogen and oxygen atoms in total. The van der Waals surface area contributed by atoms with Gasteiger partial charge in [0.1, 0.15) is 6.61 Å². The molecule has 2 aliphatic rings. The molecule has 2 aliphatic heterocycles. The number of cyclic esters (lactones) is 1. The Bertz CT molecular complexity index is 811. The average Bonchev–Trinajstić information content (AvgIpc) is 2.94. The second kappa shape index (κ2) is 6.46. The van der Waals surface area contributed by atoms with Crippen molar-refractivity contribution in [2.24, 2.45) is 0 Å². The lowest BCUT2D eigenvalue weighted by Gasteiger charge is -2.27. The van der Waals surface area contributed by atoms with Crippen LogP contribution in [0.2, 0.25) is 0 Å². The smallest absolute Gasteiger partial charge is 0.383 e. The number of ether oxygens (including phenoxy) is 3. The number of hydrogen-bond acceptors (Lipinski definition) is 7. The molecular formula is C17H18N2O6. The van der Waals surface area contributed by atoms with Crippen LogP contribution in [0.25, 0.3) is 0 Å². The molecule has 3 rings (SSSR count). The van der Waals surface area contributed by atoms with Crippen LogP contribution in [0.3, 0.4) is 0 Å². The second-order valence-corrected chi connectivity index (χ2v) is 5.58. The summed E-state index contributed by atoms with van der Waals surface area (Å²) in [5.74, 6) is -1.89. The van der Waals surface area contributed by atoms with E-state index < -0.39 is 17.9 Å². The predicted molar refractivity (Wildman–Crippen MR) is 85.1 cm³/mol. The van der Waals surface area contributed by atoms with Crippen molar-refractivity contribution in [1.82, 2.24) is 5.32 Å². The number of allylic oxidation sites excluding steroid dienone is 1. The monoisotopic (exact) mass is 346 g/mol. The van der Waals surface area contributed by atoms with Crippen molar-refractivity contribution < 1.29 is 28.5 Å². The van der Waals surface area contributed by atoms with E-state index in [1.807, 2.05) is 0 Å². The van der Waals surface area contributed by atoms with Crippen molar-refractivity contribution in [1.29, 1.82) is 0 Å². The van der Waals surface area contributed by atoms with E-state index in [2.05, 4.69) is 5.32 Å². The molecule has 0 fully saturated rings. The van der Waals surface area contributed by atoms with Gasteiger partial charge in [-0.05, 0) is 19.9 Å². The summed E-state index contributed by atoms with van der Waals surface area (Å²) >= 11 is 0. The molecule has 0 amide bonds. The zero-order valence-electron chi connectivity index (χ0n) is 14.1. The van der Waals surface area contributed by atoms with E-state index in [9.17, 15) is 14.8 Å². The fourth-order valence-corrected chi connectivity index (χ4v) is 3.18. The van der Waals surface area contributed by atoms with Crippen molar-refractivity contribution >= 4 is 11.9 Å². The van der Waals surface area contributed by atoms with Gasteiger partial charge in [0.15, 0.2) is 6.20 Å². The van der Waals surface area contributed by atoms with Crippen LogP contribution in [-0.2, 0) is 19.1 Å². The first-order chi connectivity index (χ1) is 12.0. The number of carbonyl (C=O) groups is 2. The standard InChI is InChI=1S/C17H18N2O6/c1-4-24-16(20)12-9(2)18-11-8-25-17(21)14(11)13(12)10-6-5-7-19(22)15(10)23-3/h5-7,13,18H,4,8H2,1-3H3. The average molecular weight is 346 g/mol. The van der Waals surface area contributed by atoms with E-state index in [1.165, 1.54) is 19.4 Å². The fraction of sp³-hybridized carbons (Fsp3) is 0.353. The van der Waals surface area contributed by atoms with E-state index in [0.29, 0.717) is 21.7 Å². The van der Waals surface area contributed by atoms with E-state index >= 15 is 0 Å². The largest absolute Gasteiger partial charge is 0.616 e. The lowest BCUT2D eigenvalue weighted by molar-refractivity contribution is -0.612. The van der Waals surface area contributed by atoms with Crippen LogP contribution in [0.4, 0.5) is 0 Å². The number of esters is 2. The van der Waals surface area contributed by atoms with Gasteiger partial charge < -0.3 is 24.7 Å². The van der Waals surface area contributed by atoms with Crippen LogP contribution in [-0.4, -0.2) is 32.3 Å². The Morgan fingerprint density at radius 2 is 2.28 bits per heavy atom. The van der Waals surface area contributed by atoms with Crippen molar-refractivity contribution in [3.8, 4) is 5.88 Å². The highest BCUT2D eigenvalue weighted by atomic mass is 16.5. The molecule has 1 aromatic rings. The number of dihydropyridines is 1. The van der Waals surface area contributed by atoms with Gasteiger partial charge in [-0.1, -0.05) is 0 Å². The van der Waals surface area contributed by atoms with Gasteiger partial charge in [-0.2, -0.15) is 0 Å². The van der Waals surface area contributed by atoms with Gasteiger partial charge in [0.2, 0.25) is 0 Å². The summed E-state index contributed by atoms with van der Waals surface area (Å²) in [7, 11) is 1.36. The normalized spacial score (nSPS) is 19.3. The minimum absolute atomic E-state index is 0.00977. The minimum atomic E-state index is -0.804. The first-order valence-electron chi connectivity index (χ1n) is 7.80. The third kappa shape index (κ3) is 2.69. The van der Waals surface area contributed by atoms with Gasteiger partial charge in [0.25, 0.3) is 0 Å². The van der Waals surface area contributed by atoms with Gasteiger partial charge in [0.05, 0.1) is 42.0 Å². The molecule has 0 bridgehead atoms. The topological polar surface area (TPSA) is 101 Å². The molecule has 1 unspecified atom stereocenters. The van der Waals surface area contributed by atoms with Crippen LogP contribution in [0.5, 0.6) is 5.88 Å². The van der Waals surface area contributed by atoms with E-state index in [4.69, 9.17) is 14.2 Å². The number of nitrogens with one attached hydrogen (secondary N) is 1. The Morgan fingerprint density at radius 1 is 1.52 bits per heavy atom. The molecule has 0 aromatic carbocycles. The zero-order valence-corrected chi connectivity index (χ0v) is 14.1. The van der Waals surface area contributed by atoms with Crippen molar-refractivity contribution in [3.05, 3.63) is 51.6 Å². The van der Waals surface area contributed by atoms with Crippen LogP contribution in [0.15, 0.2) is 40.9 Å². The summed E-state index contributed by atoms with van der Waals surface area (Å²) in [6.07, 6.45) is 1.28. The molecular weight excluding hydrogens is 328 g/mol. The van der Waals surface area contributed by atoms with Crippen LogP contribution in [0, 0.1) is 5.21 Å². The maximum Gasteiger partial charge on any atom is 0.383 e. The number of aromatic nitrogens is 1. The highest BCUT2D eigenvalue weighted by molar-refractivity contribution is 6.01. The summed E-state index contributed by atoms with van der Waals surface area (Å²) in [6, 6.07) is 3.18. The van der Waals surface area contributed by atoms with Gasteiger partial charge in [-0.3, -0.25) is 0 Å². The van der Waals surface area contributed by atoms with Gasteiger partial charge in [0, 0.05) is 11.8 Å². The van der Waals surface area contributed by atoms with Crippen molar-refractivity contribution in [3.63, 3.8) is 0 Å². The van der Waals surface area contributed by atoms with E-state index in [1.54, 1.807) is 19.9 Å². The molecule has 132 valence electrons. The second-order valence-electron chi connectivity index (χ2n) is 5.58. The zero-order chi connectivity index (χ0) is 18.1. The number of pyridine rings is 1. The van der Waals surface area contributed by atoms with E-state index in [-0.39, 0.29) is 30.2 Å². The molecule has 0 spiro atoms. The predicted octanol–water partition coefficient (Wildman–Crippen LogP) is 0.663. The molecule has 0 saturated carbocycles. The SMILES string of the molecule is CCOC(=O)C1=C(C)NC2=C(C(=O)OC2)C1c1ccc[n+]([O-])c1OC. The summed E-state index contributed by atoms with van der Waals surface area (Å²) in [4.78, 5) is 24.8. The molecule has 0 radical (unpaired) electrons. The molecule has 1 aromatic heterocycles. The Kier molecular flexibility index (Phi) is 4.35. The van der Waals surface area contributed by atoms with Crippen LogP contribution in [0.1, 0.15) is 25.3 Å². The van der Waals surface area contributed by atoms with E-state index in [0.717, 1.165) is 0 Å². The quantitative estimate of drug-likeness (QED) is 0.486. The third-order valence-corrected chi connectivity index (χ3v) is 4.16. The Morgan fingerprint density at radius 3 is 2.96 bits per heavy atom. The maximum atomic E-state index is 12.6. The number of nitrogens with zero attached hydrogens (tertiary/aromatic N) is 1. The first kappa shape index (κ1) is 16.8. The lowest BCUT2D eigenvalue weighted by atomic mass is 9.81. The molecule has 1 N–H and O–H groups in total. The molecule has 3 heterocycles. The summed E-state index contributed by atoms with van der Waals surface area (Å²) in [5, 5.41) is 15.1. The number of rotatable bonds is 4. The van der Waals surface area contributed by atoms with Gasteiger partial charge in [-0.25, -0.2) is 9.59 Å². The minimum Gasteiger partial charge on any atom is -0.616 e. The third-order valence-electron chi connectivity index (χ3n) is 4.16. The number of carbonyl (C=O) groups excluding carboxylic acids is 2. The van der Waals surface area contributed by atoms with Crippen molar-refractivity contribution in [2.75, 3.05) is 20.3 Å². The Hall–Kier alpha value is -3.03. The molecule has 25 heavy (non-hydrogen) atoms. The van der Waals surface area contributed by atoms with Gasteiger partial charge in [-0.15, -0.1) is 4.73 Å². The summed E-state index contributed by atoms with van der Waals surface area (Å²) < 4.78 is 16.0. The maximum absolute atomic E-state index is 12.6. The van der Waals surface area contributed by atoms with Crippen molar-refractivity contribution in [2.45, 2.75) is 19.8 Å². The summed E-state index contributed by atoms with van der Waals surface area (Å²) in [6.45, 7) is 3.69. The molecule has 0 aliphatic carbocycles. The molecule has 0 saturated heterocycles. The molecule has 8 heteroatoms. The highest BCUT2D eigenvalue weighted by Gasteiger charge is 2.44. The van der Waals surface area contributed by atoms with Crippen LogP contribution < -0.4 is 14.8 Å². The lowest BCUT2D eigenvalue weighted by Crippen LogP contribution is -2.34. The Balaban J connectivity index is 2.23. The first-order valence-corrected chi connectivity index (χ1v) is 7.80. The number of hydrogen-bond donors (Lipinski definition) is 1. The molecule has 1 atom stereocenters. The summed E-state index contributed by atoms with van der Waals surface area (Å²) in [5.41, 5.74) is 2.06. The number of methoxy groups -OCH3 is 1. The van der Waals surface area contributed by atoms with Crippen LogP contribution >= 0.6 is 0 Å². The highest BCUT2D eigenvalue weighted by Crippen LogP contribution is 2.43. The fourth-order valence-electron chi connectivity index (χ4n) is 3.18.